The molecule has 104 valence electrons. The molecule has 1 aliphatic rings. The van der Waals surface area contributed by atoms with E-state index in [4.69, 9.17) is 0 Å². The van der Waals surface area contributed by atoms with Crippen molar-refractivity contribution in [1.82, 2.24) is 0 Å². The molecule has 1 atom stereocenters. The Morgan fingerprint density at radius 2 is 2.05 bits per heavy atom. The molecule has 0 aromatic heterocycles. The lowest BCUT2D eigenvalue weighted by atomic mass is 10.2. The third kappa shape index (κ3) is 2.99. The molecule has 3 nitrogen and oxygen atoms in total. The van der Waals surface area contributed by atoms with Crippen molar-refractivity contribution in [2.75, 3.05) is 11.9 Å². The number of rotatable bonds is 3. The van der Waals surface area contributed by atoms with Crippen molar-refractivity contribution < 1.29 is 27.1 Å². The summed E-state index contributed by atoms with van der Waals surface area (Å²) in [6, 6.07) is 1.79. The summed E-state index contributed by atoms with van der Waals surface area (Å²) in [5.41, 5.74) is -0.0699. The maximum Gasteiger partial charge on any atom is 0.377 e. The zero-order valence-corrected chi connectivity index (χ0v) is 10.9. The van der Waals surface area contributed by atoms with Gasteiger partial charge < -0.3 is 10.1 Å². The third-order valence-corrected chi connectivity index (χ3v) is 3.19. The molecule has 0 bridgehead atoms. The van der Waals surface area contributed by atoms with Crippen LogP contribution in [0, 0.1) is 11.6 Å². The normalized spacial score (nSPS) is 21.3. The minimum absolute atomic E-state index is 0.0325. The molecule has 0 aliphatic carbocycles. The molecule has 1 saturated heterocycles. The lowest BCUT2D eigenvalue weighted by molar-refractivity contribution is -0.158. The van der Waals surface area contributed by atoms with Crippen LogP contribution in [-0.4, -0.2) is 24.5 Å². The highest BCUT2D eigenvalue weighted by molar-refractivity contribution is 9.10. The molecule has 1 aliphatic heterocycles. The van der Waals surface area contributed by atoms with Crippen LogP contribution in [-0.2, 0) is 9.53 Å². The number of benzene rings is 1. The predicted molar refractivity (Wildman–Crippen MR) is 62.0 cm³/mol. The first kappa shape index (κ1) is 14.1. The number of nitrogens with one attached hydrogen (secondary N) is 1. The van der Waals surface area contributed by atoms with Gasteiger partial charge in [0.05, 0.1) is 23.1 Å². The first-order valence-electron chi connectivity index (χ1n) is 5.27. The second-order valence-electron chi connectivity index (χ2n) is 4.06. The van der Waals surface area contributed by atoms with E-state index in [1.54, 1.807) is 0 Å². The van der Waals surface area contributed by atoms with Gasteiger partial charge in [0, 0.05) is 6.07 Å². The standard InChI is InChI=1S/C11H8BrF4NO2/c12-6-1-9(8(14)2-7(6)13)17-4-5-3-11(15,16)10(18)19-5/h1-2,5,17H,3-4H2. The molecule has 1 heterocycles. The summed E-state index contributed by atoms with van der Waals surface area (Å²) in [7, 11) is 0. The predicted octanol–water partition coefficient (Wildman–Crippen LogP) is 3.09. The third-order valence-electron chi connectivity index (χ3n) is 2.59. The molecule has 0 saturated carbocycles. The summed E-state index contributed by atoms with van der Waals surface area (Å²) in [4.78, 5) is 10.8. The van der Waals surface area contributed by atoms with Gasteiger partial charge in [0.1, 0.15) is 17.7 Å². The quantitative estimate of drug-likeness (QED) is 0.521. The van der Waals surface area contributed by atoms with E-state index in [0.29, 0.717) is 6.07 Å². The number of hydrogen-bond donors (Lipinski definition) is 1. The fourth-order valence-corrected chi connectivity index (χ4v) is 1.99. The van der Waals surface area contributed by atoms with Crippen LogP contribution in [0.1, 0.15) is 6.42 Å². The maximum absolute atomic E-state index is 13.4. The van der Waals surface area contributed by atoms with E-state index in [1.165, 1.54) is 0 Å². The summed E-state index contributed by atoms with van der Waals surface area (Å²) >= 11 is 2.87. The summed E-state index contributed by atoms with van der Waals surface area (Å²) in [5, 5.41) is 2.50. The number of halogens is 5. The van der Waals surface area contributed by atoms with E-state index in [1.807, 2.05) is 0 Å². The van der Waals surface area contributed by atoms with Gasteiger partial charge in [-0.05, 0) is 22.0 Å². The number of anilines is 1. The Labute approximate surface area is 114 Å². The maximum atomic E-state index is 13.4. The van der Waals surface area contributed by atoms with E-state index in [-0.39, 0.29) is 16.7 Å². The number of alkyl halides is 2. The molecular formula is C11H8BrF4NO2. The smallest absolute Gasteiger partial charge is 0.377 e. The van der Waals surface area contributed by atoms with Crippen LogP contribution in [0.15, 0.2) is 16.6 Å². The van der Waals surface area contributed by atoms with Crippen LogP contribution in [0.2, 0.25) is 0 Å². The zero-order valence-electron chi connectivity index (χ0n) is 9.35. The van der Waals surface area contributed by atoms with Gasteiger partial charge in [-0.1, -0.05) is 0 Å². The number of carbonyl (C=O) groups excluding carboxylic acids is 1. The first-order chi connectivity index (χ1) is 8.79. The van der Waals surface area contributed by atoms with Gasteiger partial charge in [0.25, 0.3) is 0 Å². The van der Waals surface area contributed by atoms with Crippen LogP contribution >= 0.6 is 15.9 Å². The lowest BCUT2D eigenvalue weighted by Crippen LogP contribution is -2.22. The van der Waals surface area contributed by atoms with Gasteiger partial charge in [-0.3, -0.25) is 0 Å². The molecule has 8 heteroatoms. The fraction of sp³-hybridized carbons (Fsp3) is 0.364. The Hall–Kier alpha value is -1.31. The van der Waals surface area contributed by atoms with Crippen LogP contribution in [0.3, 0.4) is 0 Å². The Morgan fingerprint density at radius 3 is 2.63 bits per heavy atom. The minimum atomic E-state index is -3.51. The number of hydrogen-bond acceptors (Lipinski definition) is 3. The molecule has 0 amide bonds. The van der Waals surface area contributed by atoms with E-state index >= 15 is 0 Å². The molecule has 1 unspecified atom stereocenters. The highest BCUT2D eigenvalue weighted by Crippen LogP contribution is 2.31. The monoisotopic (exact) mass is 341 g/mol. The number of carbonyl (C=O) groups is 1. The number of cyclic esters (lactones) is 1. The van der Waals surface area contributed by atoms with Crippen molar-refractivity contribution in [3.05, 3.63) is 28.2 Å². The molecule has 1 aromatic rings. The van der Waals surface area contributed by atoms with Gasteiger partial charge >= 0.3 is 11.9 Å². The van der Waals surface area contributed by atoms with E-state index in [2.05, 4.69) is 26.0 Å². The van der Waals surface area contributed by atoms with Crippen molar-refractivity contribution in [3.8, 4) is 0 Å². The highest BCUT2D eigenvalue weighted by atomic mass is 79.9. The Morgan fingerprint density at radius 1 is 1.37 bits per heavy atom. The SMILES string of the molecule is O=C1OC(CNc2cc(Br)c(F)cc2F)CC1(F)F. The average Bonchev–Trinajstić information content (AvgIpc) is 2.56. The van der Waals surface area contributed by atoms with E-state index in [9.17, 15) is 22.4 Å². The van der Waals surface area contributed by atoms with Crippen molar-refractivity contribution in [2.45, 2.75) is 18.4 Å². The minimum Gasteiger partial charge on any atom is -0.456 e. The van der Waals surface area contributed by atoms with Crippen molar-refractivity contribution >= 4 is 27.6 Å². The number of esters is 1. The summed E-state index contributed by atoms with van der Waals surface area (Å²) in [5.74, 6) is -6.73. The molecule has 0 spiro atoms. The molecule has 1 N–H and O–H groups in total. The van der Waals surface area contributed by atoms with Crippen molar-refractivity contribution in [3.63, 3.8) is 0 Å². The summed E-state index contributed by atoms with van der Waals surface area (Å²) in [6.45, 7) is -0.184. The number of ether oxygens (including phenoxy) is 1. The zero-order chi connectivity index (χ0) is 14.2. The average molecular weight is 342 g/mol. The molecule has 19 heavy (non-hydrogen) atoms. The fourth-order valence-electron chi connectivity index (χ4n) is 1.64. The Bertz CT molecular complexity index is 524. The van der Waals surface area contributed by atoms with Gasteiger partial charge in [-0.15, -0.1) is 0 Å². The Kier molecular flexibility index (Phi) is 3.71. The summed E-state index contributed by atoms with van der Waals surface area (Å²) in [6.07, 6.45) is -1.81. The van der Waals surface area contributed by atoms with Crippen LogP contribution in [0.5, 0.6) is 0 Å². The Balaban J connectivity index is 2.01. The highest BCUT2D eigenvalue weighted by Gasteiger charge is 2.50. The summed E-state index contributed by atoms with van der Waals surface area (Å²) < 4.78 is 56.5. The molecular weight excluding hydrogens is 334 g/mol. The van der Waals surface area contributed by atoms with Crippen LogP contribution in [0.25, 0.3) is 0 Å². The van der Waals surface area contributed by atoms with Gasteiger partial charge in [-0.2, -0.15) is 8.78 Å². The second-order valence-corrected chi connectivity index (χ2v) is 4.92. The van der Waals surface area contributed by atoms with E-state index in [0.717, 1.165) is 6.07 Å². The van der Waals surface area contributed by atoms with Crippen molar-refractivity contribution in [1.29, 1.82) is 0 Å². The molecule has 1 fully saturated rings. The second kappa shape index (κ2) is 4.99. The topological polar surface area (TPSA) is 38.3 Å². The van der Waals surface area contributed by atoms with E-state index < -0.39 is 36.1 Å². The van der Waals surface area contributed by atoms with Gasteiger partial charge in [-0.25, -0.2) is 13.6 Å². The molecule has 1 aromatic carbocycles. The van der Waals surface area contributed by atoms with Crippen molar-refractivity contribution in [2.24, 2.45) is 0 Å². The van der Waals surface area contributed by atoms with Gasteiger partial charge in [0.2, 0.25) is 0 Å². The largest absolute Gasteiger partial charge is 0.456 e. The first-order valence-corrected chi connectivity index (χ1v) is 6.06. The molecule has 2 rings (SSSR count). The molecule has 0 radical (unpaired) electrons. The van der Waals surface area contributed by atoms with Crippen LogP contribution in [0.4, 0.5) is 23.2 Å². The lowest BCUT2D eigenvalue weighted by Gasteiger charge is -2.12. The van der Waals surface area contributed by atoms with Crippen LogP contribution < -0.4 is 5.32 Å². The van der Waals surface area contributed by atoms with Gasteiger partial charge in [0.15, 0.2) is 0 Å².